The fourth-order valence-electron chi connectivity index (χ4n) is 1.69. The minimum Gasteiger partial charge on any atom is -0.358 e. The predicted octanol–water partition coefficient (Wildman–Crippen LogP) is 1.27. The molecule has 1 atom stereocenters. The normalized spacial score (nSPS) is 20.0. The molecule has 102 valence electrons. The zero-order valence-corrected chi connectivity index (χ0v) is 9.86. The summed E-state index contributed by atoms with van der Waals surface area (Å²) in [6.07, 6.45) is -3.81. The van der Waals surface area contributed by atoms with Crippen LogP contribution in [-0.4, -0.2) is 34.8 Å². The first-order valence-electron chi connectivity index (χ1n) is 5.39. The number of rotatable bonds is 2. The van der Waals surface area contributed by atoms with Gasteiger partial charge in [-0.2, -0.15) is 13.2 Å². The Morgan fingerprint density at radius 3 is 2.47 bits per heavy atom. The van der Waals surface area contributed by atoms with Crippen molar-refractivity contribution < 1.29 is 22.8 Å². The van der Waals surface area contributed by atoms with Gasteiger partial charge in [0, 0.05) is 13.2 Å². The Bertz CT molecular complexity index is 513. The maximum atomic E-state index is 12.3. The van der Waals surface area contributed by atoms with Crippen molar-refractivity contribution in [3.05, 3.63) is 23.9 Å². The van der Waals surface area contributed by atoms with Crippen molar-refractivity contribution in [3.8, 4) is 0 Å². The highest BCUT2D eigenvalue weighted by Gasteiger charge is 2.36. The fourth-order valence-corrected chi connectivity index (χ4v) is 1.69. The van der Waals surface area contributed by atoms with Gasteiger partial charge in [-0.1, -0.05) is 0 Å². The van der Waals surface area contributed by atoms with Gasteiger partial charge in [0.25, 0.3) is 5.91 Å². The van der Waals surface area contributed by atoms with E-state index in [9.17, 15) is 22.8 Å². The summed E-state index contributed by atoms with van der Waals surface area (Å²) in [7, 11) is 1.35. The second-order valence-corrected chi connectivity index (χ2v) is 4.12. The minimum atomic E-state index is -4.45. The molecule has 1 saturated heterocycles. The maximum Gasteiger partial charge on any atom is 0.417 e. The number of nitrogens with one attached hydrogen (secondary N) is 1. The number of alkyl halides is 3. The van der Waals surface area contributed by atoms with Crippen molar-refractivity contribution in [1.29, 1.82) is 0 Å². The molecule has 0 aromatic carbocycles. The summed E-state index contributed by atoms with van der Waals surface area (Å²) < 4.78 is 37.0. The molecule has 1 N–H and O–H groups in total. The molecule has 8 heteroatoms. The first kappa shape index (κ1) is 13.3. The molecule has 19 heavy (non-hydrogen) atoms. The number of nitrogens with zero attached hydrogens (tertiary/aromatic N) is 2. The molecule has 2 heterocycles. The zero-order valence-electron chi connectivity index (χ0n) is 9.86. The molecule has 0 radical (unpaired) electrons. The Balaban J connectivity index is 2.09. The third-order valence-corrected chi connectivity index (χ3v) is 2.79. The summed E-state index contributed by atoms with van der Waals surface area (Å²) in [5, 5.41) is 2.64. The van der Waals surface area contributed by atoms with E-state index in [1.807, 2.05) is 0 Å². The van der Waals surface area contributed by atoms with Crippen molar-refractivity contribution >= 4 is 17.6 Å². The van der Waals surface area contributed by atoms with Crippen LogP contribution in [0.25, 0.3) is 0 Å². The summed E-state index contributed by atoms with van der Waals surface area (Å²) >= 11 is 0. The third kappa shape index (κ3) is 2.67. The smallest absolute Gasteiger partial charge is 0.358 e. The number of halogens is 3. The van der Waals surface area contributed by atoms with E-state index in [0.717, 1.165) is 17.0 Å². The van der Waals surface area contributed by atoms with Crippen molar-refractivity contribution in [2.45, 2.75) is 18.6 Å². The highest BCUT2D eigenvalue weighted by Crippen LogP contribution is 2.29. The minimum absolute atomic E-state index is 0.0297. The summed E-state index contributed by atoms with van der Waals surface area (Å²) in [6.45, 7) is 0. The first-order valence-corrected chi connectivity index (χ1v) is 5.39. The Kier molecular flexibility index (Phi) is 3.17. The lowest BCUT2D eigenvalue weighted by Crippen LogP contribution is -2.32. The van der Waals surface area contributed by atoms with Gasteiger partial charge in [-0.3, -0.25) is 14.5 Å². The second kappa shape index (κ2) is 4.52. The van der Waals surface area contributed by atoms with Gasteiger partial charge in [-0.15, -0.1) is 0 Å². The molecule has 1 aromatic heterocycles. The Morgan fingerprint density at radius 2 is 2.05 bits per heavy atom. The lowest BCUT2D eigenvalue weighted by atomic mass is 10.2. The van der Waals surface area contributed by atoms with Gasteiger partial charge in [-0.25, -0.2) is 4.98 Å². The van der Waals surface area contributed by atoms with Crippen molar-refractivity contribution in [3.63, 3.8) is 0 Å². The van der Waals surface area contributed by atoms with Gasteiger partial charge in [0.05, 0.1) is 12.0 Å². The molecule has 2 amide bonds. The largest absolute Gasteiger partial charge is 0.417 e. The van der Waals surface area contributed by atoms with Crippen LogP contribution in [0.1, 0.15) is 12.0 Å². The molecule has 1 aliphatic heterocycles. The topological polar surface area (TPSA) is 62.3 Å². The summed E-state index contributed by atoms with van der Waals surface area (Å²) in [4.78, 5) is 27.4. The number of imide groups is 1. The van der Waals surface area contributed by atoms with Crippen molar-refractivity contribution in [2.24, 2.45) is 0 Å². The van der Waals surface area contributed by atoms with Gasteiger partial charge in [0.2, 0.25) is 5.91 Å². The van der Waals surface area contributed by atoms with Crippen LogP contribution in [0, 0.1) is 0 Å². The van der Waals surface area contributed by atoms with E-state index < -0.39 is 23.7 Å². The van der Waals surface area contributed by atoms with Crippen LogP contribution < -0.4 is 5.32 Å². The fraction of sp³-hybridized carbons (Fsp3) is 0.364. The summed E-state index contributed by atoms with van der Waals surface area (Å²) in [5.74, 6) is -0.643. The number of hydrogen-bond donors (Lipinski definition) is 1. The lowest BCUT2D eigenvalue weighted by molar-refractivity contribution is -0.138. The summed E-state index contributed by atoms with van der Waals surface area (Å²) in [6, 6.07) is 1.21. The molecule has 1 fully saturated rings. The molecular weight excluding hydrogens is 263 g/mol. The molecule has 0 bridgehead atoms. The van der Waals surface area contributed by atoms with Gasteiger partial charge >= 0.3 is 6.18 Å². The molecule has 5 nitrogen and oxygen atoms in total. The average Bonchev–Trinajstić information content (AvgIpc) is 2.57. The number of hydrogen-bond acceptors (Lipinski definition) is 4. The monoisotopic (exact) mass is 273 g/mol. The van der Waals surface area contributed by atoms with Crippen molar-refractivity contribution in [2.75, 3.05) is 12.4 Å². The number of likely N-dealkylation sites (N-methyl/N-ethyl adjacent to an activating group) is 1. The van der Waals surface area contributed by atoms with E-state index in [1.54, 1.807) is 0 Å². The molecule has 1 aromatic rings. The van der Waals surface area contributed by atoms with Crippen LogP contribution in [0.2, 0.25) is 0 Å². The van der Waals surface area contributed by atoms with E-state index in [2.05, 4.69) is 10.3 Å². The second-order valence-electron chi connectivity index (χ2n) is 4.12. The zero-order chi connectivity index (χ0) is 14.2. The number of aromatic nitrogens is 1. The molecular formula is C11H10F3N3O2. The molecule has 1 aliphatic rings. The van der Waals surface area contributed by atoms with Crippen LogP contribution in [-0.2, 0) is 15.8 Å². The number of anilines is 1. The Hall–Kier alpha value is -2.12. The highest BCUT2D eigenvalue weighted by atomic mass is 19.4. The van der Waals surface area contributed by atoms with Crippen LogP contribution in [0.3, 0.4) is 0 Å². The number of carbonyl (C=O) groups is 2. The van der Waals surface area contributed by atoms with Gasteiger partial charge < -0.3 is 5.32 Å². The molecule has 0 unspecified atom stereocenters. The van der Waals surface area contributed by atoms with E-state index >= 15 is 0 Å². The van der Waals surface area contributed by atoms with E-state index in [-0.39, 0.29) is 18.1 Å². The highest BCUT2D eigenvalue weighted by molar-refractivity contribution is 6.06. The maximum absolute atomic E-state index is 12.3. The van der Waals surface area contributed by atoms with Crippen molar-refractivity contribution in [1.82, 2.24) is 9.88 Å². The Morgan fingerprint density at radius 1 is 1.37 bits per heavy atom. The summed E-state index contributed by atoms with van der Waals surface area (Å²) in [5.41, 5.74) is -0.871. The van der Waals surface area contributed by atoms with E-state index in [1.165, 1.54) is 7.05 Å². The standard InChI is InChI=1S/C11H10F3N3O2/c1-17-9(18)4-7(10(17)19)16-8-3-2-6(5-15-8)11(12,13)14/h2-3,5,7H,4H2,1H3,(H,15,16)/t7-/m0/s1. The molecule has 0 spiro atoms. The molecule has 0 aliphatic carbocycles. The van der Waals surface area contributed by atoms with E-state index in [0.29, 0.717) is 6.20 Å². The lowest BCUT2D eigenvalue weighted by Gasteiger charge is -2.12. The van der Waals surface area contributed by atoms with Gasteiger partial charge in [0.1, 0.15) is 11.9 Å². The Labute approximate surface area is 106 Å². The molecule has 2 rings (SSSR count). The van der Waals surface area contributed by atoms with Gasteiger partial charge in [-0.05, 0) is 12.1 Å². The number of carbonyl (C=O) groups excluding carboxylic acids is 2. The van der Waals surface area contributed by atoms with Crippen LogP contribution >= 0.6 is 0 Å². The van der Waals surface area contributed by atoms with E-state index in [4.69, 9.17) is 0 Å². The van der Waals surface area contributed by atoms with Gasteiger partial charge in [0.15, 0.2) is 0 Å². The number of pyridine rings is 1. The SMILES string of the molecule is CN1C(=O)C[C@H](Nc2ccc(C(F)(F)F)cn2)C1=O. The van der Waals surface area contributed by atoms with Crippen LogP contribution in [0.4, 0.5) is 19.0 Å². The first-order chi connectivity index (χ1) is 8.79. The van der Waals surface area contributed by atoms with Crippen LogP contribution in [0.15, 0.2) is 18.3 Å². The quantitative estimate of drug-likeness (QED) is 0.824. The van der Waals surface area contributed by atoms with Crippen LogP contribution in [0.5, 0.6) is 0 Å². The third-order valence-electron chi connectivity index (χ3n) is 2.79. The average molecular weight is 273 g/mol. The number of amides is 2. The molecule has 0 saturated carbocycles. The predicted molar refractivity (Wildman–Crippen MR) is 59.0 cm³/mol. The number of likely N-dealkylation sites (tertiary alicyclic amines) is 1.